The van der Waals surface area contributed by atoms with E-state index >= 15 is 0 Å². The van der Waals surface area contributed by atoms with Crippen LogP contribution in [0, 0.1) is 0 Å². The topological polar surface area (TPSA) is 29.4 Å². The summed E-state index contributed by atoms with van der Waals surface area (Å²) in [5.41, 5.74) is 3.98. The van der Waals surface area contributed by atoms with Gasteiger partial charge < -0.3 is 0 Å². The van der Waals surface area contributed by atoms with Crippen LogP contribution in [0.15, 0.2) is 23.2 Å². The molecular weight excluding hydrogens is 234 g/mol. The molecule has 3 rings (SSSR count). The van der Waals surface area contributed by atoms with E-state index in [0.717, 1.165) is 12.8 Å². The van der Waals surface area contributed by atoms with Gasteiger partial charge in [-0.2, -0.15) is 4.99 Å². The molecular formula is C17H21NO. The number of aliphatic imine (C=N–C) groups is 1. The van der Waals surface area contributed by atoms with Crippen molar-refractivity contribution in [3.8, 4) is 0 Å². The Morgan fingerprint density at radius 3 is 2.42 bits per heavy atom. The molecule has 2 aliphatic carbocycles. The third kappa shape index (κ3) is 2.37. The molecule has 0 unspecified atom stereocenters. The zero-order valence-electron chi connectivity index (χ0n) is 11.5. The van der Waals surface area contributed by atoms with Crippen LogP contribution in [0.2, 0.25) is 0 Å². The Morgan fingerprint density at radius 2 is 1.68 bits per heavy atom. The van der Waals surface area contributed by atoms with Gasteiger partial charge in [0.05, 0.1) is 5.54 Å². The van der Waals surface area contributed by atoms with Crippen molar-refractivity contribution in [2.24, 2.45) is 4.99 Å². The lowest BCUT2D eigenvalue weighted by Gasteiger charge is -2.24. The summed E-state index contributed by atoms with van der Waals surface area (Å²) in [5.74, 6) is 0. The number of fused-ring (bicyclic) bond motifs is 1. The van der Waals surface area contributed by atoms with Crippen LogP contribution in [0.4, 0.5) is 0 Å². The lowest BCUT2D eigenvalue weighted by atomic mass is 9.86. The van der Waals surface area contributed by atoms with E-state index in [1.54, 1.807) is 0 Å². The van der Waals surface area contributed by atoms with Gasteiger partial charge in [-0.25, -0.2) is 4.79 Å². The van der Waals surface area contributed by atoms with Gasteiger partial charge in [0.25, 0.3) is 0 Å². The smallest absolute Gasteiger partial charge is 0.211 e. The molecule has 0 heterocycles. The summed E-state index contributed by atoms with van der Waals surface area (Å²) in [6, 6.07) is 6.81. The van der Waals surface area contributed by atoms with Crippen molar-refractivity contribution in [2.75, 3.05) is 0 Å². The molecule has 100 valence electrons. The quantitative estimate of drug-likeness (QED) is 0.445. The SMILES string of the molecule is O=C=NC1(c2ccc3c(c2)CCCCC3)CCCC1. The Balaban J connectivity index is 2.00. The maximum Gasteiger partial charge on any atom is 0.235 e. The molecule has 2 nitrogen and oxygen atoms in total. The Hall–Kier alpha value is -1.40. The molecule has 19 heavy (non-hydrogen) atoms. The highest BCUT2D eigenvalue weighted by molar-refractivity contribution is 5.42. The van der Waals surface area contributed by atoms with Crippen LogP contribution >= 0.6 is 0 Å². The molecule has 0 N–H and O–H groups in total. The maximum absolute atomic E-state index is 10.8. The number of rotatable bonds is 2. The van der Waals surface area contributed by atoms with Crippen molar-refractivity contribution < 1.29 is 4.79 Å². The Kier molecular flexibility index (Phi) is 3.52. The first-order valence-electron chi connectivity index (χ1n) is 7.55. The molecule has 0 radical (unpaired) electrons. The van der Waals surface area contributed by atoms with Gasteiger partial charge in [-0.05, 0) is 55.2 Å². The van der Waals surface area contributed by atoms with Gasteiger partial charge in [0, 0.05) is 0 Å². The van der Waals surface area contributed by atoms with Gasteiger partial charge in [-0.15, -0.1) is 0 Å². The minimum atomic E-state index is -0.261. The second kappa shape index (κ2) is 5.30. The number of carbonyl (C=O) groups excluding carboxylic acids is 1. The van der Waals surface area contributed by atoms with Crippen LogP contribution < -0.4 is 0 Å². The summed E-state index contributed by atoms with van der Waals surface area (Å²) in [6.07, 6.45) is 12.5. The number of isocyanates is 1. The van der Waals surface area contributed by atoms with Crippen LogP contribution in [0.5, 0.6) is 0 Å². The average Bonchev–Trinajstić information content (AvgIpc) is 2.78. The molecule has 2 heteroatoms. The summed E-state index contributed by atoms with van der Waals surface area (Å²) in [6.45, 7) is 0. The predicted molar refractivity (Wildman–Crippen MR) is 76.0 cm³/mol. The largest absolute Gasteiger partial charge is 0.235 e. The molecule has 1 fully saturated rings. The van der Waals surface area contributed by atoms with Crippen molar-refractivity contribution in [1.29, 1.82) is 0 Å². The predicted octanol–water partition coefficient (Wildman–Crippen LogP) is 4.06. The summed E-state index contributed by atoms with van der Waals surface area (Å²) >= 11 is 0. The van der Waals surface area contributed by atoms with E-state index in [9.17, 15) is 4.79 Å². The van der Waals surface area contributed by atoms with Crippen LogP contribution in [-0.4, -0.2) is 6.08 Å². The molecule has 0 bridgehead atoms. The summed E-state index contributed by atoms with van der Waals surface area (Å²) in [5, 5.41) is 0. The molecule has 1 aromatic rings. The molecule has 0 aromatic heterocycles. The minimum absolute atomic E-state index is 0.261. The van der Waals surface area contributed by atoms with Crippen LogP contribution in [0.3, 0.4) is 0 Å². The molecule has 0 amide bonds. The second-order valence-corrected chi connectivity index (χ2v) is 5.99. The summed E-state index contributed by atoms with van der Waals surface area (Å²) < 4.78 is 0. The van der Waals surface area contributed by atoms with Crippen molar-refractivity contribution in [2.45, 2.75) is 63.3 Å². The van der Waals surface area contributed by atoms with Gasteiger partial charge in [0.2, 0.25) is 6.08 Å². The zero-order chi connectivity index (χ0) is 13.1. The molecule has 1 saturated carbocycles. The summed E-state index contributed by atoms with van der Waals surface area (Å²) in [4.78, 5) is 15.0. The van der Waals surface area contributed by atoms with E-state index in [1.165, 1.54) is 61.6 Å². The summed E-state index contributed by atoms with van der Waals surface area (Å²) in [7, 11) is 0. The Labute approximate surface area is 114 Å². The van der Waals surface area contributed by atoms with Crippen LogP contribution in [0.1, 0.15) is 61.6 Å². The van der Waals surface area contributed by atoms with E-state index < -0.39 is 0 Å². The molecule has 0 aliphatic heterocycles. The maximum atomic E-state index is 10.8. The fourth-order valence-electron chi connectivity index (χ4n) is 3.71. The van der Waals surface area contributed by atoms with E-state index in [-0.39, 0.29) is 5.54 Å². The number of benzene rings is 1. The lowest BCUT2D eigenvalue weighted by molar-refractivity contribution is 0.455. The number of hydrogen-bond acceptors (Lipinski definition) is 2. The zero-order valence-corrected chi connectivity index (χ0v) is 11.5. The standard InChI is InChI=1S/C17H21NO/c19-13-18-17(10-4-5-11-17)16-9-8-14-6-2-1-3-7-15(14)12-16/h8-9,12H,1-7,10-11H2. The fraction of sp³-hybridized carbons (Fsp3) is 0.588. The molecule has 1 aromatic carbocycles. The van der Waals surface area contributed by atoms with Crippen molar-refractivity contribution in [3.05, 3.63) is 34.9 Å². The van der Waals surface area contributed by atoms with Gasteiger partial charge in [0.1, 0.15) is 0 Å². The van der Waals surface area contributed by atoms with Crippen molar-refractivity contribution in [1.82, 2.24) is 0 Å². The van der Waals surface area contributed by atoms with E-state index in [1.807, 2.05) is 6.08 Å². The van der Waals surface area contributed by atoms with Gasteiger partial charge in [-0.1, -0.05) is 37.5 Å². The van der Waals surface area contributed by atoms with E-state index in [2.05, 4.69) is 23.2 Å². The Morgan fingerprint density at radius 1 is 0.947 bits per heavy atom. The number of hydrogen-bond donors (Lipinski definition) is 0. The van der Waals surface area contributed by atoms with Gasteiger partial charge in [0.15, 0.2) is 0 Å². The average molecular weight is 255 g/mol. The normalized spacial score (nSPS) is 21.3. The van der Waals surface area contributed by atoms with Gasteiger partial charge >= 0.3 is 0 Å². The first kappa shape index (κ1) is 12.6. The highest BCUT2D eigenvalue weighted by atomic mass is 16.1. The van der Waals surface area contributed by atoms with Crippen LogP contribution in [-0.2, 0) is 23.2 Å². The monoisotopic (exact) mass is 255 g/mol. The van der Waals surface area contributed by atoms with Gasteiger partial charge in [-0.3, -0.25) is 0 Å². The van der Waals surface area contributed by atoms with E-state index in [4.69, 9.17) is 0 Å². The van der Waals surface area contributed by atoms with Crippen molar-refractivity contribution >= 4 is 6.08 Å². The molecule has 2 aliphatic rings. The number of aryl methyl sites for hydroxylation is 2. The Bertz CT molecular complexity index is 508. The molecule has 0 saturated heterocycles. The first-order chi connectivity index (χ1) is 9.34. The fourth-order valence-corrected chi connectivity index (χ4v) is 3.71. The highest BCUT2D eigenvalue weighted by Gasteiger charge is 2.35. The molecule has 0 atom stereocenters. The van der Waals surface area contributed by atoms with Crippen molar-refractivity contribution in [3.63, 3.8) is 0 Å². The first-order valence-corrected chi connectivity index (χ1v) is 7.55. The minimum Gasteiger partial charge on any atom is -0.211 e. The number of nitrogens with zero attached hydrogens (tertiary/aromatic N) is 1. The van der Waals surface area contributed by atoms with E-state index in [0.29, 0.717) is 0 Å². The lowest BCUT2D eigenvalue weighted by Crippen LogP contribution is -2.19. The third-order valence-electron chi connectivity index (χ3n) is 4.83. The molecule has 0 spiro atoms. The highest BCUT2D eigenvalue weighted by Crippen LogP contribution is 2.42. The third-order valence-corrected chi connectivity index (χ3v) is 4.83. The van der Waals surface area contributed by atoms with Crippen LogP contribution in [0.25, 0.3) is 0 Å². The second-order valence-electron chi connectivity index (χ2n) is 5.99.